The van der Waals surface area contributed by atoms with Crippen LogP contribution < -0.4 is 0 Å². The van der Waals surface area contributed by atoms with Gasteiger partial charge < -0.3 is 18.9 Å². The zero-order chi connectivity index (χ0) is 71.1. The molecule has 0 heterocycles. The van der Waals surface area contributed by atoms with E-state index in [-0.39, 0.29) is 32.0 Å². The number of hydrogen-bond donors (Lipinski definition) is 1. The van der Waals surface area contributed by atoms with Crippen molar-refractivity contribution in [2.24, 2.45) is 0 Å². The van der Waals surface area contributed by atoms with Crippen LogP contribution in [0, 0.1) is 0 Å². The molecule has 1 N–H and O–H groups in total. The molecule has 0 radical (unpaired) electrons. The number of allylic oxidation sites excluding steroid dienone is 18. The van der Waals surface area contributed by atoms with E-state index in [9.17, 15) is 19.0 Å². The molecule has 2 unspecified atom stereocenters. The van der Waals surface area contributed by atoms with E-state index >= 15 is 0 Å². The van der Waals surface area contributed by atoms with Crippen LogP contribution in [0.5, 0.6) is 0 Å². The Kier molecular flexibility index (Phi) is 75.2. The lowest BCUT2D eigenvalue weighted by atomic mass is 10.0. The molecule has 0 fully saturated rings. The molecule has 0 aromatic heterocycles. The molecule has 0 aromatic rings. The van der Waals surface area contributed by atoms with Crippen molar-refractivity contribution in [2.75, 3.05) is 47.5 Å². The number of unbranched alkanes of at least 4 members (excludes halogenated alkanes) is 45. The first-order valence-electron chi connectivity index (χ1n) is 41.6. The Morgan fingerprint density at radius 1 is 0.327 bits per heavy atom. The van der Waals surface area contributed by atoms with Gasteiger partial charge in [0.1, 0.15) is 19.8 Å². The number of hydrogen-bond acceptors (Lipinski definition) is 7. The summed E-state index contributed by atoms with van der Waals surface area (Å²) in [6, 6.07) is 0. The summed E-state index contributed by atoms with van der Waals surface area (Å²) in [6.07, 6.45) is 111. The van der Waals surface area contributed by atoms with Crippen LogP contribution >= 0.6 is 7.82 Å². The molecule has 0 aliphatic carbocycles. The van der Waals surface area contributed by atoms with Crippen molar-refractivity contribution in [1.82, 2.24) is 0 Å². The van der Waals surface area contributed by atoms with Crippen molar-refractivity contribution < 1.29 is 42.1 Å². The summed E-state index contributed by atoms with van der Waals surface area (Å²) in [5.74, 6) is -0.784. The molecule has 2 atom stereocenters. The van der Waals surface area contributed by atoms with Crippen molar-refractivity contribution in [3.05, 3.63) is 109 Å². The topological polar surface area (TPSA) is 108 Å². The van der Waals surface area contributed by atoms with E-state index in [0.29, 0.717) is 17.4 Å². The third-order valence-electron chi connectivity index (χ3n) is 18.3. The van der Waals surface area contributed by atoms with Gasteiger partial charge in [0.15, 0.2) is 6.10 Å². The van der Waals surface area contributed by atoms with Crippen molar-refractivity contribution in [2.45, 2.75) is 392 Å². The summed E-state index contributed by atoms with van der Waals surface area (Å²) >= 11 is 0. The average Bonchev–Trinajstić information content (AvgIpc) is 1.08. The number of carbonyl (C=O) groups is 2. The molecule has 0 saturated carbocycles. The van der Waals surface area contributed by atoms with Crippen LogP contribution in [0.15, 0.2) is 109 Å². The van der Waals surface area contributed by atoms with Crippen molar-refractivity contribution >= 4 is 19.8 Å². The molecule has 568 valence electrons. The monoisotopic (exact) mass is 1390 g/mol. The van der Waals surface area contributed by atoms with E-state index in [2.05, 4.69) is 123 Å². The largest absolute Gasteiger partial charge is 0.472 e. The van der Waals surface area contributed by atoms with E-state index in [1.807, 2.05) is 21.1 Å². The lowest BCUT2D eigenvalue weighted by Crippen LogP contribution is -2.37. The molecule has 0 saturated heterocycles. The summed E-state index contributed by atoms with van der Waals surface area (Å²) in [5.41, 5.74) is 0. The number of phosphoric ester groups is 1. The van der Waals surface area contributed by atoms with Gasteiger partial charge in [0.05, 0.1) is 27.7 Å². The van der Waals surface area contributed by atoms with Gasteiger partial charge in [0, 0.05) is 12.8 Å². The van der Waals surface area contributed by atoms with Crippen molar-refractivity contribution in [1.29, 1.82) is 0 Å². The summed E-state index contributed by atoms with van der Waals surface area (Å²) in [5, 5.41) is 0. The Labute approximate surface area is 607 Å². The Bertz CT molecular complexity index is 2030. The molecule has 0 spiro atoms. The molecule has 10 heteroatoms. The summed E-state index contributed by atoms with van der Waals surface area (Å²) in [6.45, 7) is 4.35. The van der Waals surface area contributed by atoms with Gasteiger partial charge in [-0.3, -0.25) is 18.6 Å². The predicted octanol–water partition coefficient (Wildman–Crippen LogP) is 28.0. The van der Waals surface area contributed by atoms with E-state index in [1.54, 1.807) is 0 Å². The lowest BCUT2D eigenvalue weighted by Gasteiger charge is -2.24. The van der Waals surface area contributed by atoms with E-state index in [0.717, 1.165) is 89.9 Å². The molecular formula is C88H159NO8P+. The van der Waals surface area contributed by atoms with Gasteiger partial charge in [-0.15, -0.1) is 0 Å². The van der Waals surface area contributed by atoms with Gasteiger partial charge in [-0.25, -0.2) is 4.57 Å². The second-order valence-electron chi connectivity index (χ2n) is 29.1. The van der Waals surface area contributed by atoms with E-state index < -0.39 is 26.5 Å². The van der Waals surface area contributed by atoms with E-state index in [1.165, 1.54) is 263 Å². The summed E-state index contributed by atoms with van der Waals surface area (Å²) in [7, 11) is 1.49. The van der Waals surface area contributed by atoms with Crippen LogP contribution in [0.1, 0.15) is 386 Å². The fraction of sp³-hybridized carbons (Fsp3) is 0.773. The minimum atomic E-state index is -4.40. The zero-order valence-corrected chi connectivity index (χ0v) is 65.9. The minimum absolute atomic E-state index is 0.0303. The number of quaternary nitrogens is 1. The molecule has 0 aromatic carbocycles. The summed E-state index contributed by atoms with van der Waals surface area (Å²) in [4.78, 5) is 36.0. The van der Waals surface area contributed by atoms with Crippen molar-refractivity contribution in [3.63, 3.8) is 0 Å². The highest BCUT2D eigenvalue weighted by molar-refractivity contribution is 7.47. The quantitative estimate of drug-likeness (QED) is 0.0211. The number of carbonyl (C=O) groups excluding carboxylic acids is 2. The maximum Gasteiger partial charge on any atom is 0.472 e. The number of phosphoric acid groups is 1. The predicted molar refractivity (Wildman–Crippen MR) is 427 cm³/mol. The van der Waals surface area contributed by atoms with Crippen LogP contribution in [-0.4, -0.2) is 74.9 Å². The van der Waals surface area contributed by atoms with Gasteiger partial charge in [-0.2, -0.15) is 0 Å². The smallest absolute Gasteiger partial charge is 0.462 e. The van der Waals surface area contributed by atoms with Crippen LogP contribution in [0.4, 0.5) is 0 Å². The molecule has 0 aliphatic rings. The SMILES string of the molecule is CC/C=C\C/C=C\C/C=C\C/C=C\C/C=C\C/C=C\CCCCCCCCCCCCCCCCC(=O)OC(COC(=O)CCCCCCCCCCCCCCCCCCCCCCCCCCCC/C=C\C/C=C\C/C=C\CCCCCCC)COP(=O)(O)OCC[N+](C)(C)C. The third-order valence-corrected chi connectivity index (χ3v) is 19.3. The Morgan fingerprint density at radius 2 is 0.582 bits per heavy atom. The lowest BCUT2D eigenvalue weighted by molar-refractivity contribution is -0.870. The molecule has 0 aliphatic heterocycles. The zero-order valence-electron chi connectivity index (χ0n) is 65.0. The highest BCUT2D eigenvalue weighted by Gasteiger charge is 2.27. The number of ether oxygens (including phenoxy) is 2. The molecule has 0 amide bonds. The van der Waals surface area contributed by atoms with E-state index in [4.69, 9.17) is 18.5 Å². The maximum atomic E-state index is 12.9. The average molecular weight is 1390 g/mol. The highest BCUT2D eigenvalue weighted by Crippen LogP contribution is 2.43. The number of likely N-dealkylation sites (N-methyl/N-ethyl adjacent to an activating group) is 1. The van der Waals surface area contributed by atoms with Gasteiger partial charge in [-0.1, -0.05) is 380 Å². The molecular weight excluding hydrogens is 1230 g/mol. The van der Waals surface area contributed by atoms with Crippen LogP contribution in [0.25, 0.3) is 0 Å². The second-order valence-corrected chi connectivity index (χ2v) is 30.6. The molecule has 98 heavy (non-hydrogen) atoms. The Hall–Kier alpha value is -3.33. The van der Waals surface area contributed by atoms with Crippen LogP contribution in [-0.2, 0) is 32.7 Å². The van der Waals surface area contributed by atoms with Gasteiger partial charge in [0.25, 0.3) is 0 Å². The normalized spacial score (nSPS) is 13.6. The number of rotatable bonds is 77. The molecule has 0 rings (SSSR count). The first-order chi connectivity index (χ1) is 48.0. The minimum Gasteiger partial charge on any atom is -0.462 e. The van der Waals surface area contributed by atoms with Gasteiger partial charge in [0.2, 0.25) is 0 Å². The standard InChI is InChI=1S/C88H158NO8P/c1-6-8-10-12-14-16-18-20-22-24-26-28-30-32-34-36-38-40-41-42-43-44-45-46-47-49-50-52-54-56-58-60-62-64-66-68-70-72-74-76-78-80-87(90)94-84-86(85-96-98(92,93)95-83-82-89(3,4)5)97-88(91)81-79-77-75-73-71-69-67-65-63-61-59-57-55-53-51-48-39-37-35-33-31-29-27-25-23-21-19-17-15-13-11-9-7-2/h9,11,15,17-18,20-21,23-24,26-27,29-30,32-33,35,39,48,86H,6-8,10,12-14,16,19,22,25,28,31,34,36-38,40-47,49-85H2,1-5H3/p+1/b11-9-,17-15-,20-18-,23-21-,26-24-,29-27-,32-30-,35-33-,48-39-. The van der Waals surface area contributed by atoms with Crippen molar-refractivity contribution in [3.8, 4) is 0 Å². The maximum absolute atomic E-state index is 12.9. The molecule has 0 bridgehead atoms. The molecule has 9 nitrogen and oxygen atoms in total. The van der Waals surface area contributed by atoms with Crippen LogP contribution in [0.2, 0.25) is 0 Å². The highest BCUT2D eigenvalue weighted by atomic mass is 31.2. The fourth-order valence-electron chi connectivity index (χ4n) is 12.0. The number of nitrogens with zero attached hydrogens (tertiary/aromatic N) is 1. The first kappa shape index (κ1) is 94.7. The first-order valence-corrected chi connectivity index (χ1v) is 43.1. The second kappa shape index (κ2) is 77.8. The summed E-state index contributed by atoms with van der Waals surface area (Å²) < 4.78 is 34.8. The van der Waals surface area contributed by atoms with Gasteiger partial charge in [-0.05, 0) is 103 Å². The Balaban J connectivity index is 3.91. The van der Waals surface area contributed by atoms with Crippen LogP contribution in [0.3, 0.4) is 0 Å². The number of esters is 2. The third kappa shape index (κ3) is 81.6. The Morgan fingerprint density at radius 3 is 0.867 bits per heavy atom. The van der Waals surface area contributed by atoms with Gasteiger partial charge >= 0.3 is 19.8 Å². The fourth-order valence-corrected chi connectivity index (χ4v) is 12.7.